The molecule has 3 heterocycles. The third-order valence-corrected chi connectivity index (χ3v) is 8.54. The zero-order valence-corrected chi connectivity index (χ0v) is 20.0. The van der Waals surface area contributed by atoms with Crippen molar-refractivity contribution in [3.05, 3.63) is 38.4 Å². The fourth-order valence-corrected chi connectivity index (χ4v) is 6.51. The molecule has 0 spiro atoms. The number of thiophene rings is 2. The fourth-order valence-electron chi connectivity index (χ4n) is 4.55. The molecule has 2 aliphatic rings. The zero-order chi connectivity index (χ0) is 22.3. The molecular formula is C24H30N4O2S2. The van der Waals surface area contributed by atoms with E-state index in [9.17, 15) is 14.9 Å². The van der Waals surface area contributed by atoms with Crippen molar-refractivity contribution in [2.24, 2.45) is 5.92 Å². The van der Waals surface area contributed by atoms with Crippen molar-refractivity contribution in [3.63, 3.8) is 0 Å². The number of anilines is 1. The van der Waals surface area contributed by atoms with E-state index < -0.39 is 0 Å². The number of piperidine rings is 1. The van der Waals surface area contributed by atoms with Crippen LogP contribution in [0.4, 0.5) is 5.00 Å². The van der Waals surface area contributed by atoms with E-state index in [2.05, 4.69) is 33.0 Å². The van der Waals surface area contributed by atoms with E-state index in [0.717, 1.165) is 68.6 Å². The number of aryl methyl sites for hydroxylation is 1. The van der Waals surface area contributed by atoms with E-state index >= 15 is 0 Å². The molecule has 1 fully saturated rings. The second-order valence-corrected chi connectivity index (χ2v) is 10.7. The van der Waals surface area contributed by atoms with Gasteiger partial charge in [-0.15, -0.1) is 22.7 Å². The normalized spacial score (nSPS) is 16.8. The maximum absolute atomic E-state index is 12.5. The van der Waals surface area contributed by atoms with Crippen molar-refractivity contribution in [2.45, 2.75) is 51.4 Å². The van der Waals surface area contributed by atoms with E-state index in [-0.39, 0.29) is 17.7 Å². The van der Waals surface area contributed by atoms with Gasteiger partial charge in [-0.3, -0.25) is 9.59 Å². The van der Waals surface area contributed by atoms with Gasteiger partial charge in [0.15, 0.2) is 0 Å². The summed E-state index contributed by atoms with van der Waals surface area (Å²) in [5, 5.41) is 18.4. The SMILES string of the molecule is N#Cc1c(NC(=O)CCN2CCC(C(=O)NCCc3cccs3)CC2)sc2c1CCCC2. The van der Waals surface area contributed by atoms with Crippen LogP contribution >= 0.6 is 22.7 Å². The number of hydrogen-bond acceptors (Lipinski definition) is 6. The molecule has 0 aromatic carbocycles. The molecule has 2 aromatic heterocycles. The minimum absolute atomic E-state index is 0.0338. The molecule has 32 heavy (non-hydrogen) atoms. The summed E-state index contributed by atoms with van der Waals surface area (Å²) in [5.41, 5.74) is 1.82. The summed E-state index contributed by atoms with van der Waals surface area (Å²) in [6.45, 7) is 3.06. The molecule has 8 heteroatoms. The van der Waals surface area contributed by atoms with Gasteiger partial charge in [-0.25, -0.2) is 0 Å². The van der Waals surface area contributed by atoms with Crippen LogP contribution in [0.25, 0.3) is 0 Å². The second kappa shape index (κ2) is 11.1. The summed E-state index contributed by atoms with van der Waals surface area (Å²) in [7, 11) is 0. The molecule has 0 unspecified atom stereocenters. The smallest absolute Gasteiger partial charge is 0.226 e. The maximum Gasteiger partial charge on any atom is 0.226 e. The number of hydrogen-bond donors (Lipinski definition) is 2. The molecule has 6 nitrogen and oxygen atoms in total. The average Bonchev–Trinajstić information content (AvgIpc) is 3.45. The summed E-state index contributed by atoms with van der Waals surface area (Å²) >= 11 is 3.29. The minimum Gasteiger partial charge on any atom is -0.355 e. The number of fused-ring (bicyclic) bond motifs is 1. The van der Waals surface area contributed by atoms with E-state index in [1.54, 1.807) is 22.7 Å². The Morgan fingerprint density at radius 3 is 2.78 bits per heavy atom. The van der Waals surface area contributed by atoms with Crippen LogP contribution in [-0.4, -0.2) is 42.9 Å². The molecule has 0 bridgehead atoms. The Bertz CT molecular complexity index is 969. The molecule has 0 saturated carbocycles. The Hall–Kier alpha value is -2.21. The first-order valence-electron chi connectivity index (χ1n) is 11.5. The van der Waals surface area contributed by atoms with Crippen molar-refractivity contribution >= 4 is 39.5 Å². The topological polar surface area (TPSA) is 85.2 Å². The fraction of sp³-hybridized carbons (Fsp3) is 0.542. The quantitative estimate of drug-likeness (QED) is 0.612. The van der Waals surface area contributed by atoms with Gasteiger partial charge in [0.05, 0.1) is 5.56 Å². The Labute approximate surface area is 197 Å². The highest BCUT2D eigenvalue weighted by atomic mass is 32.1. The van der Waals surface area contributed by atoms with Crippen LogP contribution in [0.2, 0.25) is 0 Å². The maximum atomic E-state index is 12.5. The van der Waals surface area contributed by atoms with Crippen LogP contribution in [0.5, 0.6) is 0 Å². The third kappa shape index (κ3) is 5.77. The van der Waals surface area contributed by atoms with E-state index in [1.807, 2.05) is 6.07 Å². The molecule has 0 radical (unpaired) electrons. The molecule has 1 saturated heterocycles. The van der Waals surface area contributed by atoms with Gasteiger partial charge in [0, 0.05) is 35.2 Å². The Balaban J connectivity index is 1.17. The zero-order valence-electron chi connectivity index (χ0n) is 18.3. The highest BCUT2D eigenvalue weighted by Crippen LogP contribution is 2.37. The highest BCUT2D eigenvalue weighted by molar-refractivity contribution is 7.16. The first-order valence-corrected chi connectivity index (χ1v) is 13.2. The lowest BCUT2D eigenvalue weighted by molar-refractivity contribution is -0.126. The molecule has 2 aromatic rings. The molecule has 1 aliphatic carbocycles. The van der Waals surface area contributed by atoms with Crippen molar-refractivity contribution in [1.29, 1.82) is 5.26 Å². The Morgan fingerprint density at radius 2 is 2.03 bits per heavy atom. The standard InChI is InChI=1S/C24H30N4O2S2/c25-16-20-19-5-1-2-6-21(19)32-24(20)27-22(29)10-14-28-12-8-17(9-13-28)23(30)26-11-7-18-4-3-15-31-18/h3-4,15,17H,1-2,5-14H2,(H,26,30)(H,27,29). The molecule has 2 N–H and O–H groups in total. The number of amides is 2. The average molecular weight is 471 g/mol. The highest BCUT2D eigenvalue weighted by Gasteiger charge is 2.25. The van der Waals surface area contributed by atoms with Gasteiger partial charge < -0.3 is 15.5 Å². The number of nitrogens with zero attached hydrogens (tertiary/aromatic N) is 2. The van der Waals surface area contributed by atoms with Gasteiger partial charge in [0.1, 0.15) is 11.1 Å². The molecular weight excluding hydrogens is 440 g/mol. The van der Waals surface area contributed by atoms with Crippen molar-refractivity contribution < 1.29 is 9.59 Å². The van der Waals surface area contributed by atoms with Gasteiger partial charge >= 0.3 is 0 Å². The van der Waals surface area contributed by atoms with Gasteiger partial charge in [-0.05, 0) is 75.0 Å². The number of rotatable bonds is 8. The minimum atomic E-state index is -0.0338. The first-order chi connectivity index (χ1) is 15.6. The molecule has 2 amide bonds. The lowest BCUT2D eigenvalue weighted by Gasteiger charge is -2.31. The number of nitriles is 1. The summed E-state index contributed by atoms with van der Waals surface area (Å²) in [4.78, 5) is 29.8. The van der Waals surface area contributed by atoms with Gasteiger partial charge in [0.2, 0.25) is 11.8 Å². The van der Waals surface area contributed by atoms with Crippen LogP contribution in [0.15, 0.2) is 17.5 Å². The van der Waals surface area contributed by atoms with E-state index in [1.165, 1.54) is 9.75 Å². The number of likely N-dealkylation sites (tertiary alicyclic amines) is 1. The van der Waals surface area contributed by atoms with Crippen molar-refractivity contribution in [1.82, 2.24) is 10.2 Å². The lowest BCUT2D eigenvalue weighted by Crippen LogP contribution is -2.41. The summed E-state index contributed by atoms with van der Waals surface area (Å²) in [6, 6.07) is 6.43. The van der Waals surface area contributed by atoms with Gasteiger partial charge in [-0.2, -0.15) is 5.26 Å². The molecule has 170 valence electrons. The van der Waals surface area contributed by atoms with Crippen LogP contribution < -0.4 is 10.6 Å². The number of carbonyl (C=O) groups is 2. The van der Waals surface area contributed by atoms with Crippen molar-refractivity contribution in [3.8, 4) is 6.07 Å². The molecule has 4 rings (SSSR count). The van der Waals surface area contributed by atoms with E-state index in [4.69, 9.17) is 0 Å². The first kappa shape index (κ1) is 23.0. The summed E-state index contributed by atoms with van der Waals surface area (Å²) < 4.78 is 0. The third-order valence-electron chi connectivity index (χ3n) is 6.40. The number of carbonyl (C=O) groups excluding carboxylic acids is 2. The van der Waals surface area contributed by atoms with Gasteiger partial charge in [-0.1, -0.05) is 6.07 Å². The lowest BCUT2D eigenvalue weighted by atomic mass is 9.95. The largest absolute Gasteiger partial charge is 0.355 e. The van der Waals surface area contributed by atoms with Crippen LogP contribution in [0, 0.1) is 17.2 Å². The van der Waals surface area contributed by atoms with Gasteiger partial charge in [0.25, 0.3) is 0 Å². The van der Waals surface area contributed by atoms with Crippen LogP contribution in [0.1, 0.15) is 53.0 Å². The van der Waals surface area contributed by atoms with E-state index in [0.29, 0.717) is 25.1 Å². The van der Waals surface area contributed by atoms with Crippen molar-refractivity contribution in [2.75, 3.05) is 31.5 Å². The van der Waals surface area contributed by atoms with Crippen LogP contribution in [-0.2, 0) is 28.9 Å². The Morgan fingerprint density at radius 1 is 1.22 bits per heavy atom. The predicted molar refractivity (Wildman–Crippen MR) is 129 cm³/mol. The molecule has 1 aliphatic heterocycles. The summed E-state index contributed by atoms with van der Waals surface area (Å²) in [5.74, 6) is 0.192. The Kier molecular flexibility index (Phi) is 7.95. The second-order valence-electron chi connectivity index (χ2n) is 8.56. The molecule has 0 atom stereocenters. The predicted octanol–water partition coefficient (Wildman–Crippen LogP) is 3.96. The number of nitrogens with one attached hydrogen (secondary N) is 2. The monoisotopic (exact) mass is 470 g/mol. The summed E-state index contributed by atoms with van der Waals surface area (Å²) in [6.07, 6.45) is 7.21. The van der Waals surface area contributed by atoms with Crippen LogP contribution in [0.3, 0.4) is 0 Å².